The number of hydrogen-bond acceptors (Lipinski definition) is 6. The molecule has 1 fully saturated rings. The van der Waals surface area contributed by atoms with E-state index in [0.29, 0.717) is 42.4 Å². The van der Waals surface area contributed by atoms with Crippen molar-refractivity contribution in [2.24, 2.45) is 0 Å². The number of rotatable bonds is 12. The molecule has 5 rings (SSSR count). The van der Waals surface area contributed by atoms with E-state index in [0.717, 1.165) is 42.5 Å². The summed E-state index contributed by atoms with van der Waals surface area (Å²) in [6, 6.07) is 18.8. The second-order valence-corrected chi connectivity index (χ2v) is 13.3. The molecule has 0 spiro atoms. The van der Waals surface area contributed by atoms with Crippen molar-refractivity contribution in [3.63, 3.8) is 0 Å². The molecule has 0 radical (unpaired) electrons. The quantitative estimate of drug-likeness (QED) is 0.160. The summed E-state index contributed by atoms with van der Waals surface area (Å²) in [5.74, 6) is -0.367. The third kappa shape index (κ3) is 7.24. The van der Waals surface area contributed by atoms with Crippen molar-refractivity contribution >= 4 is 17.4 Å². The first-order chi connectivity index (χ1) is 21.9. The number of nitrogens with zero attached hydrogens (tertiary/aromatic N) is 4. The zero-order valence-electron chi connectivity index (χ0n) is 27.8. The van der Waals surface area contributed by atoms with Gasteiger partial charge in [-0.25, -0.2) is 9.78 Å². The number of anilines is 1. The second-order valence-electron chi connectivity index (χ2n) is 13.3. The molecule has 4 aromatic rings. The number of carboxylic acid groups (broad SMARTS) is 1. The molecular formula is C38H46N4O4. The van der Waals surface area contributed by atoms with E-state index in [4.69, 9.17) is 19.6 Å². The van der Waals surface area contributed by atoms with Crippen molar-refractivity contribution < 1.29 is 19.4 Å². The third-order valence-corrected chi connectivity index (χ3v) is 8.54. The van der Waals surface area contributed by atoms with E-state index in [1.807, 2.05) is 39.8 Å². The largest absolute Gasteiger partial charge is 0.479 e. The van der Waals surface area contributed by atoms with Gasteiger partial charge in [0, 0.05) is 30.4 Å². The standard InChI is InChI=1S/C38H46N4O4/c1-8-10-14-27-15-11-12-18-30(27)28-16-13-17-29(24-28)31-25-32-39-26(3)33(34(36(43)44)46-37(4,5)6)35(42(32)40-31)41-21-19-38(7,20-22-41)45-23-9-2/h8-9,11-13,15-18,24-25,34H,1-2,10,14,19-23H2,3-7H3,(H,43,44). The van der Waals surface area contributed by atoms with Gasteiger partial charge in [0.25, 0.3) is 0 Å². The molecule has 1 aliphatic rings. The molecule has 0 aliphatic carbocycles. The Morgan fingerprint density at radius 1 is 1.07 bits per heavy atom. The zero-order chi connectivity index (χ0) is 33.1. The van der Waals surface area contributed by atoms with Gasteiger partial charge in [-0.05, 0) is 83.1 Å². The molecule has 0 bridgehead atoms. The summed E-state index contributed by atoms with van der Waals surface area (Å²) >= 11 is 0. The van der Waals surface area contributed by atoms with E-state index in [1.165, 1.54) is 11.1 Å². The molecule has 0 amide bonds. The Hall–Kier alpha value is -4.27. The number of piperidine rings is 1. The first-order valence-electron chi connectivity index (χ1n) is 16.0. The highest BCUT2D eigenvalue weighted by atomic mass is 16.5. The van der Waals surface area contributed by atoms with Crippen molar-refractivity contribution in [3.05, 3.63) is 96.7 Å². The van der Waals surface area contributed by atoms with Crippen molar-refractivity contribution in [3.8, 4) is 22.4 Å². The average molecular weight is 623 g/mol. The molecule has 1 saturated heterocycles. The highest BCUT2D eigenvalue weighted by Crippen LogP contribution is 2.38. The number of fused-ring (bicyclic) bond motifs is 1. The van der Waals surface area contributed by atoms with Crippen LogP contribution in [-0.4, -0.2) is 56.6 Å². The van der Waals surface area contributed by atoms with Gasteiger partial charge in [-0.2, -0.15) is 9.61 Å². The molecule has 2 aromatic carbocycles. The predicted molar refractivity (Wildman–Crippen MR) is 184 cm³/mol. The van der Waals surface area contributed by atoms with E-state index in [1.54, 1.807) is 10.6 Å². The Morgan fingerprint density at radius 2 is 1.78 bits per heavy atom. The molecule has 46 heavy (non-hydrogen) atoms. The Kier molecular flexibility index (Phi) is 9.79. The van der Waals surface area contributed by atoms with E-state index < -0.39 is 17.7 Å². The number of carboxylic acids is 1. The van der Waals surface area contributed by atoms with Crippen LogP contribution < -0.4 is 4.90 Å². The molecule has 1 atom stereocenters. The van der Waals surface area contributed by atoms with Crippen LogP contribution in [0.1, 0.15) is 69.9 Å². The molecule has 1 unspecified atom stereocenters. The number of aryl methyl sites for hydroxylation is 2. The van der Waals surface area contributed by atoms with Crippen LogP contribution in [0.2, 0.25) is 0 Å². The van der Waals surface area contributed by atoms with Gasteiger partial charge in [0.15, 0.2) is 11.8 Å². The Labute approximate surface area is 272 Å². The van der Waals surface area contributed by atoms with E-state index in [9.17, 15) is 9.90 Å². The van der Waals surface area contributed by atoms with Crippen molar-refractivity contribution in [2.75, 3.05) is 24.6 Å². The lowest BCUT2D eigenvalue weighted by atomic mass is 9.92. The van der Waals surface area contributed by atoms with Crippen LogP contribution in [0, 0.1) is 6.92 Å². The third-order valence-electron chi connectivity index (χ3n) is 8.54. The maximum absolute atomic E-state index is 12.8. The summed E-state index contributed by atoms with van der Waals surface area (Å²) in [6.07, 6.45) is 5.86. The number of allylic oxidation sites excluding steroid dienone is 1. The minimum absolute atomic E-state index is 0.294. The highest BCUT2D eigenvalue weighted by Gasteiger charge is 2.37. The number of aliphatic carboxylic acids is 1. The second kappa shape index (κ2) is 13.6. The van der Waals surface area contributed by atoms with Crippen LogP contribution in [0.3, 0.4) is 0 Å². The van der Waals surface area contributed by atoms with Gasteiger partial charge < -0.3 is 19.5 Å². The van der Waals surface area contributed by atoms with Crippen LogP contribution >= 0.6 is 0 Å². The van der Waals surface area contributed by atoms with E-state index >= 15 is 0 Å². The number of benzene rings is 2. The Balaban J connectivity index is 1.63. The van der Waals surface area contributed by atoms with Crippen LogP contribution in [0.25, 0.3) is 28.0 Å². The van der Waals surface area contributed by atoms with Crippen molar-refractivity contribution in [1.82, 2.24) is 14.6 Å². The van der Waals surface area contributed by atoms with Gasteiger partial charge in [0.2, 0.25) is 0 Å². The van der Waals surface area contributed by atoms with Gasteiger partial charge in [-0.15, -0.1) is 13.2 Å². The first-order valence-corrected chi connectivity index (χ1v) is 16.0. The van der Waals surface area contributed by atoms with Gasteiger partial charge in [0.1, 0.15) is 5.82 Å². The first kappa shape index (κ1) is 33.1. The summed E-state index contributed by atoms with van der Waals surface area (Å²) in [6.45, 7) is 19.1. The summed E-state index contributed by atoms with van der Waals surface area (Å²) in [5, 5.41) is 15.5. The fraction of sp³-hybridized carbons (Fsp3) is 0.395. The fourth-order valence-electron chi connectivity index (χ4n) is 6.17. The van der Waals surface area contributed by atoms with Gasteiger partial charge in [0.05, 0.1) is 29.1 Å². The maximum atomic E-state index is 12.8. The summed E-state index contributed by atoms with van der Waals surface area (Å²) in [4.78, 5) is 19.9. The molecule has 8 heteroatoms. The van der Waals surface area contributed by atoms with Gasteiger partial charge in [-0.1, -0.05) is 54.6 Å². The number of carbonyl (C=O) groups is 1. The smallest absolute Gasteiger partial charge is 0.337 e. The zero-order valence-corrected chi connectivity index (χ0v) is 27.8. The summed E-state index contributed by atoms with van der Waals surface area (Å²) in [7, 11) is 0. The molecule has 1 N–H and O–H groups in total. The lowest BCUT2D eigenvalue weighted by molar-refractivity contribution is -0.160. The summed E-state index contributed by atoms with van der Waals surface area (Å²) < 4.78 is 14.1. The number of ether oxygens (including phenoxy) is 2. The predicted octanol–water partition coefficient (Wildman–Crippen LogP) is 7.99. The topological polar surface area (TPSA) is 89.2 Å². The Morgan fingerprint density at radius 3 is 2.46 bits per heavy atom. The van der Waals surface area contributed by atoms with Gasteiger partial charge >= 0.3 is 5.97 Å². The highest BCUT2D eigenvalue weighted by molar-refractivity contribution is 5.79. The average Bonchev–Trinajstić information content (AvgIpc) is 3.45. The molecule has 8 nitrogen and oxygen atoms in total. The monoisotopic (exact) mass is 622 g/mol. The van der Waals surface area contributed by atoms with Crippen LogP contribution in [0.15, 0.2) is 79.9 Å². The molecule has 1 aliphatic heterocycles. The maximum Gasteiger partial charge on any atom is 0.337 e. The molecular weight excluding hydrogens is 576 g/mol. The molecule has 0 saturated carbocycles. The molecule has 2 aromatic heterocycles. The van der Waals surface area contributed by atoms with Gasteiger partial charge in [-0.3, -0.25) is 0 Å². The lowest BCUT2D eigenvalue weighted by Gasteiger charge is -2.41. The molecule has 3 heterocycles. The summed E-state index contributed by atoms with van der Waals surface area (Å²) in [5.41, 5.74) is 6.06. The van der Waals surface area contributed by atoms with Crippen LogP contribution in [-0.2, 0) is 20.7 Å². The van der Waals surface area contributed by atoms with Crippen LogP contribution in [0.4, 0.5) is 5.82 Å². The minimum atomic E-state index is -1.22. The Bertz CT molecular complexity index is 1730. The normalized spacial score (nSPS) is 15.5. The minimum Gasteiger partial charge on any atom is -0.479 e. The van der Waals surface area contributed by atoms with Crippen LogP contribution in [0.5, 0.6) is 0 Å². The van der Waals surface area contributed by atoms with Crippen molar-refractivity contribution in [2.45, 2.75) is 77.6 Å². The lowest BCUT2D eigenvalue weighted by Crippen LogP contribution is -2.45. The molecule has 242 valence electrons. The van der Waals surface area contributed by atoms with Crippen molar-refractivity contribution in [1.29, 1.82) is 0 Å². The van der Waals surface area contributed by atoms with E-state index in [2.05, 4.69) is 73.5 Å². The SMILES string of the molecule is C=CCCc1ccccc1-c1cccc(-c2cc3nc(C)c(C(OC(C)(C)C)C(=O)O)c(N4CCC(C)(OCC=C)CC4)n3n2)c1. The van der Waals surface area contributed by atoms with E-state index in [-0.39, 0.29) is 5.60 Å². The fourth-order valence-corrected chi connectivity index (χ4v) is 6.17. The number of hydrogen-bond donors (Lipinski definition) is 1. The number of aromatic nitrogens is 3.